The van der Waals surface area contributed by atoms with E-state index >= 15 is 0 Å². The fraction of sp³-hybridized carbons (Fsp3) is 0.0545. The van der Waals surface area contributed by atoms with Crippen molar-refractivity contribution in [1.82, 2.24) is 0 Å². The Bertz CT molecular complexity index is 3110. The number of hydrogen-bond acceptors (Lipinski definition) is 6. The molecule has 9 rings (SSSR count). The Morgan fingerprint density at radius 3 is 1.41 bits per heavy atom. The van der Waals surface area contributed by atoms with Crippen molar-refractivity contribution in [2.24, 2.45) is 11.8 Å². The molecule has 0 amide bonds. The van der Waals surface area contributed by atoms with Crippen LogP contribution in [-0.2, 0) is 0 Å². The largest absolute Gasteiger partial charge is 0.516 e. The molecule has 8 aromatic carbocycles. The molecule has 6 nitrogen and oxygen atoms in total. The van der Waals surface area contributed by atoms with Crippen LogP contribution >= 0.6 is 0 Å². The number of aliphatic hydroxyl groups excluding tert-OH is 1. The van der Waals surface area contributed by atoms with E-state index in [9.17, 15) is 30.6 Å². The Kier molecular flexibility index (Phi) is 9.90. The zero-order valence-electron chi connectivity index (χ0n) is 33.3. The van der Waals surface area contributed by atoms with E-state index in [-0.39, 0.29) is 23.0 Å². The Hall–Kier alpha value is -7.96. The van der Waals surface area contributed by atoms with Gasteiger partial charge >= 0.3 is 0 Å². The lowest BCUT2D eigenvalue weighted by atomic mass is 9.78. The lowest BCUT2D eigenvalue weighted by molar-refractivity contribution is 0.327. The molecule has 0 radical (unpaired) electrons. The summed E-state index contributed by atoms with van der Waals surface area (Å²) >= 11 is 0. The molecule has 6 heteroatoms. The van der Waals surface area contributed by atoms with Crippen molar-refractivity contribution in [3.63, 3.8) is 0 Å². The van der Waals surface area contributed by atoms with Crippen LogP contribution in [0.2, 0.25) is 0 Å². The summed E-state index contributed by atoms with van der Waals surface area (Å²) in [5.74, 6) is -4.36. The summed E-state index contributed by atoms with van der Waals surface area (Å²) in [6.07, 6.45) is 16.7. The number of rotatable bonds is 8. The lowest BCUT2D eigenvalue weighted by Crippen LogP contribution is -2.09. The summed E-state index contributed by atoms with van der Waals surface area (Å²) in [5, 5.41) is 72.1. The molecule has 61 heavy (non-hydrogen) atoms. The quantitative estimate of drug-likeness (QED) is 0.0227. The van der Waals surface area contributed by atoms with Crippen molar-refractivity contribution in [3.8, 4) is 51.0 Å². The van der Waals surface area contributed by atoms with Gasteiger partial charge in [-0.3, -0.25) is 0 Å². The van der Waals surface area contributed by atoms with Gasteiger partial charge in [0.05, 0.1) is 11.8 Å². The van der Waals surface area contributed by atoms with Crippen molar-refractivity contribution in [2.45, 2.75) is 6.92 Å². The summed E-state index contributed by atoms with van der Waals surface area (Å²) in [7, 11) is 0. The SMILES string of the molecule is C=CC1C=CC(c2c3ccccc3c(-c3c4ccccc4c(-c4ccccc4/C(=C\C=C\O)c4c(O)c(O)c(O)c(O)c4O)c4ccccc34)c3ccccc23)=CC1/C=C\C. The number of phenolic OH excluding ortho intramolecular Hbond substituents is 5. The van der Waals surface area contributed by atoms with Crippen LogP contribution in [0.15, 0.2) is 183 Å². The molecule has 0 saturated heterocycles. The highest BCUT2D eigenvalue weighted by Crippen LogP contribution is 2.56. The highest BCUT2D eigenvalue weighted by molar-refractivity contribution is 6.29. The summed E-state index contributed by atoms with van der Waals surface area (Å²) < 4.78 is 0. The molecule has 0 heterocycles. The number of phenols is 5. The fourth-order valence-electron chi connectivity index (χ4n) is 9.25. The molecule has 0 saturated carbocycles. The third kappa shape index (κ3) is 6.19. The van der Waals surface area contributed by atoms with Gasteiger partial charge in [-0.2, -0.15) is 0 Å². The number of allylic oxidation sites excluding steroid dienone is 9. The van der Waals surface area contributed by atoms with Crippen LogP contribution in [0.25, 0.3) is 76.5 Å². The standard InChI is InChI=1S/C55H42O6/c1-3-16-33-31-34(29-28-32(33)4-2)46-38-19-7-11-23-42(38)48(43-24-12-8-20-39(43)46)49-44-25-13-9-21-40(44)47(41-22-10-14-26-45(41)49)36-18-6-5-17-35(36)37(27-15-30-56)50-51(57)53(59)55(61)54(60)52(50)58/h3-33,56-61H,2H2,1H3/b16-3-,30-15+,37-27+. The van der Waals surface area contributed by atoms with E-state index in [0.717, 1.165) is 71.6 Å². The number of hydrogen-bond donors (Lipinski definition) is 6. The smallest absolute Gasteiger partial charge is 0.208 e. The average molecular weight is 799 g/mol. The van der Waals surface area contributed by atoms with E-state index in [0.29, 0.717) is 11.1 Å². The first-order valence-corrected chi connectivity index (χ1v) is 20.1. The maximum Gasteiger partial charge on any atom is 0.208 e. The molecule has 298 valence electrons. The fourth-order valence-corrected chi connectivity index (χ4v) is 9.25. The van der Waals surface area contributed by atoms with Crippen LogP contribution in [0, 0.1) is 11.8 Å². The molecule has 0 fully saturated rings. The van der Waals surface area contributed by atoms with Gasteiger partial charge in [-0.15, -0.1) is 6.58 Å². The van der Waals surface area contributed by atoms with Crippen LogP contribution < -0.4 is 0 Å². The number of benzene rings is 8. The van der Waals surface area contributed by atoms with Crippen molar-refractivity contribution in [2.75, 3.05) is 0 Å². The minimum absolute atomic E-state index is 0.161. The molecule has 0 spiro atoms. The van der Waals surface area contributed by atoms with E-state index in [1.807, 2.05) is 42.5 Å². The van der Waals surface area contributed by atoms with Gasteiger partial charge in [0.1, 0.15) is 0 Å². The summed E-state index contributed by atoms with van der Waals surface area (Å²) in [5.41, 5.74) is 6.42. The van der Waals surface area contributed by atoms with E-state index in [1.54, 1.807) is 12.1 Å². The van der Waals surface area contributed by atoms with Gasteiger partial charge < -0.3 is 30.6 Å². The molecular formula is C55H42O6. The number of fused-ring (bicyclic) bond motifs is 4. The van der Waals surface area contributed by atoms with E-state index in [1.165, 1.54) is 17.7 Å². The Balaban J connectivity index is 1.38. The van der Waals surface area contributed by atoms with Gasteiger partial charge in [-0.25, -0.2) is 0 Å². The number of aliphatic hydroxyl groups is 1. The maximum absolute atomic E-state index is 11.2. The molecule has 0 aliphatic heterocycles. The van der Waals surface area contributed by atoms with Gasteiger partial charge in [0, 0.05) is 11.8 Å². The molecule has 6 N–H and O–H groups in total. The molecular weight excluding hydrogens is 757 g/mol. The third-order valence-electron chi connectivity index (χ3n) is 11.9. The van der Waals surface area contributed by atoms with E-state index < -0.39 is 28.7 Å². The van der Waals surface area contributed by atoms with Gasteiger partial charge in [-0.05, 0) is 101 Å². The molecule has 1 aliphatic carbocycles. The van der Waals surface area contributed by atoms with Crippen molar-refractivity contribution < 1.29 is 30.6 Å². The van der Waals surface area contributed by atoms with Crippen molar-refractivity contribution in [3.05, 3.63) is 199 Å². The van der Waals surface area contributed by atoms with Gasteiger partial charge in [0.15, 0.2) is 11.5 Å². The lowest BCUT2D eigenvalue weighted by Gasteiger charge is -2.25. The van der Waals surface area contributed by atoms with Gasteiger partial charge in [-0.1, -0.05) is 164 Å². The van der Waals surface area contributed by atoms with Crippen molar-refractivity contribution in [1.29, 1.82) is 0 Å². The Morgan fingerprint density at radius 2 is 0.951 bits per heavy atom. The first-order chi connectivity index (χ1) is 29.8. The molecule has 2 atom stereocenters. The average Bonchev–Trinajstić information content (AvgIpc) is 3.30. The second-order valence-corrected chi connectivity index (χ2v) is 15.2. The first-order valence-electron chi connectivity index (χ1n) is 20.1. The van der Waals surface area contributed by atoms with E-state index in [4.69, 9.17) is 0 Å². The summed E-state index contributed by atoms with van der Waals surface area (Å²) in [4.78, 5) is 0. The zero-order valence-corrected chi connectivity index (χ0v) is 33.3. The predicted octanol–water partition coefficient (Wildman–Crippen LogP) is 13.6. The molecule has 8 aromatic rings. The first kappa shape index (κ1) is 38.6. The monoisotopic (exact) mass is 798 g/mol. The molecule has 1 aliphatic rings. The number of aromatic hydroxyl groups is 5. The predicted molar refractivity (Wildman–Crippen MR) is 250 cm³/mol. The minimum atomic E-state index is -1.06. The second-order valence-electron chi connectivity index (χ2n) is 15.2. The third-order valence-corrected chi connectivity index (χ3v) is 11.9. The maximum atomic E-state index is 11.2. The highest BCUT2D eigenvalue weighted by Gasteiger charge is 2.29. The Morgan fingerprint density at radius 1 is 0.525 bits per heavy atom. The summed E-state index contributed by atoms with van der Waals surface area (Å²) in [6, 6.07) is 41.3. The minimum Gasteiger partial charge on any atom is -0.516 e. The molecule has 0 aromatic heterocycles. The van der Waals surface area contributed by atoms with Crippen LogP contribution in [-0.4, -0.2) is 30.6 Å². The molecule has 2 unspecified atom stereocenters. The summed E-state index contributed by atoms with van der Waals surface area (Å²) in [6.45, 7) is 6.17. The van der Waals surface area contributed by atoms with Crippen LogP contribution in [0.1, 0.15) is 23.6 Å². The second kappa shape index (κ2) is 15.7. The van der Waals surface area contributed by atoms with Crippen molar-refractivity contribution >= 4 is 54.2 Å². The Labute approximate surface area is 352 Å². The van der Waals surface area contributed by atoms with Gasteiger partial charge in [0.2, 0.25) is 17.2 Å². The van der Waals surface area contributed by atoms with Crippen LogP contribution in [0.3, 0.4) is 0 Å². The topological polar surface area (TPSA) is 121 Å². The normalized spacial score (nSPS) is 15.8. The van der Waals surface area contributed by atoms with E-state index in [2.05, 4.69) is 117 Å². The van der Waals surface area contributed by atoms with Crippen LogP contribution in [0.4, 0.5) is 0 Å². The zero-order chi connectivity index (χ0) is 42.4. The molecule has 0 bridgehead atoms. The van der Waals surface area contributed by atoms with Gasteiger partial charge in [0.25, 0.3) is 0 Å². The highest BCUT2D eigenvalue weighted by atomic mass is 16.4. The van der Waals surface area contributed by atoms with Crippen LogP contribution in [0.5, 0.6) is 28.7 Å².